The Balaban J connectivity index is 1.59. The highest BCUT2D eigenvalue weighted by molar-refractivity contribution is 9.10. The minimum Gasteiger partial charge on any atom is -0.496 e. The molecule has 0 unspecified atom stereocenters. The van der Waals surface area contributed by atoms with Crippen LogP contribution in [0.2, 0.25) is 0 Å². The van der Waals surface area contributed by atoms with E-state index < -0.39 is 0 Å². The van der Waals surface area contributed by atoms with Gasteiger partial charge in [-0.15, -0.1) is 0 Å². The van der Waals surface area contributed by atoms with E-state index in [0.29, 0.717) is 11.3 Å². The predicted molar refractivity (Wildman–Crippen MR) is 97.4 cm³/mol. The fourth-order valence-electron chi connectivity index (χ4n) is 3.13. The molecule has 126 valence electrons. The first-order chi connectivity index (χ1) is 11.7. The summed E-state index contributed by atoms with van der Waals surface area (Å²) in [5, 5.41) is 0. The summed E-state index contributed by atoms with van der Waals surface area (Å²) in [4.78, 5) is 16.2. The normalized spacial score (nSPS) is 15.3. The summed E-state index contributed by atoms with van der Waals surface area (Å²) in [7, 11) is 1.60. The van der Waals surface area contributed by atoms with E-state index in [0.717, 1.165) is 37.2 Å². The summed E-state index contributed by atoms with van der Waals surface area (Å²) in [6.45, 7) is 4.48. The summed E-state index contributed by atoms with van der Waals surface area (Å²) in [5.41, 5.74) is 1.97. The maximum Gasteiger partial charge on any atom is 0.258 e. The van der Waals surface area contributed by atoms with Crippen LogP contribution in [-0.2, 0) is 6.54 Å². The van der Waals surface area contributed by atoms with E-state index in [1.54, 1.807) is 7.11 Å². The second-order valence-electron chi connectivity index (χ2n) is 6.05. The van der Waals surface area contributed by atoms with Gasteiger partial charge in [-0.25, -0.2) is 0 Å². The molecule has 1 heterocycles. The molecular formula is C19H22BrN2O2+. The Labute approximate surface area is 151 Å². The largest absolute Gasteiger partial charge is 0.496 e. The minimum absolute atomic E-state index is 0.0638. The number of ether oxygens (including phenoxy) is 1. The molecule has 24 heavy (non-hydrogen) atoms. The SMILES string of the molecule is COc1ccccc1C(=O)N1CC[NH+](Cc2cccc(Br)c2)CC1. The third-order valence-electron chi connectivity index (χ3n) is 4.44. The Hall–Kier alpha value is -1.85. The number of piperazine rings is 1. The van der Waals surface area contributed by atoms with Gasteiger partial charge in [0.1, 0.15) is 12.3 Å². The number of rotatable bonds is 4. The van der Waals surface area contributed by atoms with Gasteiger partial charge in [-0.05, 0) is 24.3 Å². The molecule has 0 bridgehead atoms. The van der Waals surface area contributed by atoms with Crippen molar-refractivity contribution in [2.45, 2.75) is 6.54 Å². The molecule has 2 aromatic rings. The Morgan fingerprint density at radius 2 is 1.92 bits per heavy atom. The van der Waals surface area contributed by atoms with Crippen molar-refractivity contribution in [1.29, 1.82) is 0 Å². The molecule has 1 N–H and O–H groups in total. The summed E-state index contributed by atoms with van der Waals surface area (Å²) < 4.78 is 6.43. The third-order valence-corrected chi connectivity index (χ3v) is 4.93. The van der Waals surface area contributed by atoms with E-state index in [9.17, 15) is 4.79 Å². The van der Waals surface area contributed by atoms with Gasteiger partial charge in [0.25, 0.3) is 5.91 Å². The molecule has 0 atom stereocenters. The van der Waals surface area contributed by atoms with Crippen molar-refractivity contribution in [2.75, 3.05) is 33.3 Å². The number of nitrogens with one attached hydrogen (secondary N) is 1. The van der Waals surface area contributed by atoms with Crippen LogP contribution in [0.1, 0.15) is 15.9 Å². The topological polar surface area (TPSA) is 34.0 Å². The number of amides is 1. The van der Waals surface area contributed by atoms with Crippen LogP contribution in [0.5, 0.6) is 5.75 Å². The van der Waals surface area contributed by atoms with E-state index in [2.05, 4.69) is 34.1 Å². The van der Waals surface area contributed by atoms with Gasteiger partial charge >= 0.3 is 0 Å². The number of para-hydroxylation sites is 1. The van der Waals surface area contributed by atoms with Crippen LogP contribution in [-0.4, -0.2) is 44.1 Å². The van der Waals surface area contributed by atoms with E-state index in [4.69, 9.17) is 4.74 Å². The smallest absolute Gasteiger partial charge is 0.258 e. The maximum atomic E-state index is 12.7. The Kier molecular flexibility index (Phi) is 5.53. The van der Waals surface area contributed by atoms with E-state index >= 15 is 0 Å². The van der Waals surface area contributed by atoms with Crippen LogP contribution < -0.4 is 9.64 Å². The zero-order valence-corrected chi connectivity index (χ0v) is 15.4. The lowest BCUT2D eigenvalue weighted by Crippen LogP contribution is -3.13. The first-order valence-corrected chi connectivity index (χ1v) is 8.97. The highest BCUT2D eigenvalue weighted by atomic mass is 79.9. The van der Waals surface area contributed by atoms with Gasteiger partial charge in [-0.2, -0.15) is 0 Å². The van der Waals surface area contributed by atoms with Crippen molar-refractivity contribution in [3.63, 3.8) is 0 Å². The van der Waals surface area contributed by atoms with Crippen molar-refractivity contribution >= 4 is 21.8 Å². The van der Waals surface area contributed by atoms with Crippen LogP contribution in [0.15, 0.2) is 53.0 Å². The highest BCUT2D eigenvalue weighted by Crippen LogP contribution is 2.19. The monoisotopic (exact) mass is 389 g/mol. The molecule has 3 rings (SSSR count). The number of nitrogens with zero attached hydrogens (tertiary/aromatic N) is 1. The highest BCUT2D eigenvalue weighted by Gasteiger charge is 2.26. The lowest BCUT2D eigenvalue weighted by Gasteiger charge is -2.32. The molecule has 2 aromatic carbocycles. The van der Waals surface area contributed by atoms with Gasteiger partial charge in [0.15, 0.2) is 0 Å². The minimum atomic E-state index is 0.0638. The van der Waals surface area contributed by atoms with E-state index in [1.807, 2.05) is 35.2 Å². The Bertz CT molecular complexity index is 712. The molecule has 0 spiro atoms. The van der Waals surface area contributed by atoms with Gasteiger partial charge < -0.3 is 14.5 Å². The second-order valence-corrected chi connectivity index (χ2v) is 6.96. The van der Waals surface area contributed by atoms with Gasteiger partial charge in [0.05, 0.1) is 38.9 Å². The van der Waals surface area contributed by atoms with Gasteiger partial charge in [0, 0.05) is 10.0 Å². The van der Waals surface area contributed by atoms with E-state index in [1.165, 1.54) is 10.5 Å². The number of methoxy groups -OCH3 is 1. The predicted octanol–water partition coefficient (Wildman–Crippen LogP) is 2.00. The molecule has 1 amide bonds. The van der Waals surface area contributed by atoms with Crippen molar-refractivity contribution in [3.05, 3.63) is 64.1 Å². The number of benzene rings is 2. The molecule has 0 radical (unpaired) electrons. The summed E-state index contributed by atoms with van der Waals surface area (Å²) in [6, 6.07) is 15.9. The molecule has 1 aliphatic rings. The molecule has 0 saturated carbocycles. The Morgan fingerprint density at radius 1 is 1.17 bits per heavy atom. The molecule has 1 aliphatic heterocycles. The van der Waals surface area contributed by atoms with Crippen molar-refractivity contribution in [1.82, 2.24) is 4.90 Å². The quantitative estimate of drug-likeness (QED) is 0.867. The summed E-state index contributed by atoms with van der Waals surface area (Å²) >= 11 is 3.52. The second kappa shape index (κ2) is 7.81. The van der Waals surface area contributed by atoms with Crippen molar-refractivity contribution < 1.29 is 14.4 Å². The molecular weight excluding hydrogens is 368 g/mol. The van der Waals surface area contributed by atoms with Gasteiger partial charge in [-0.3, -0.25) is 4.79 Å². The average molecular weight is 390 g/mol. The molecule has 5 heteroatoms. The Morgan fingerprint density at radius 3 is 2.62 bits per heavy atom. The molecule has 1 saturated heterocycles. The zero-order chi connectivity index (χ0) is 16.9. The molecule has 0 aliphatic carbocycles. The first-order valence-electron chi connectivity index (χ1n) is 8.17. The summed E-state index contributed by atoms with van der Waals surface area (Å²) in [5.74, 6) is 0.709. The first kappa shape index (κ1) is 17.0. The number of hydrogen-bond acceptors (Lipinski definition) is 2. The number of hydrogen-bond donors (Lipinski definition) is 1. The van der Waals surface area contributed by atoms with Crippen LogP contribution in [0.4, 0.5) is 0 Å². The lowest BCUT2D eigenvalue weighted by atomic mass is 10.1. The molecule has 1 fully saturated rings. The fourth-order valence-corrected chi connectivity index (χ4v) is 3.58. The fraction of sp³-hybridized carbons (Fsp3) is 0.316. The van der Waals surface area contributed by atoms with Crippen molar-refractivity contribution in [2.24, 2.45) is 0 Å². The summed E-state index contributed by atoms with van der Waals surface area (Å²) in [6.07, 6.45) is 0. The van der Waals surface area contributed by atoms with Gasteiger partial charge in [-0.1, -0.05) is 40.2 Å². The number of halogens is 1. The van der Waals surface area contributed by atoms with Crippen LogP contribution in [0.25, 0.3) is 0 Å². The van der Waals surface area contributed by atoms with Gasteiger partial charge in [0.2, 0.25) is 0 Å². The standard InChI is InChI=1S/C19H21BrN2O2/c1-24-18-8-3-2-7-17(18)19(23)22-11-9-21(10-12-22)14-15-5-4-6-16(20)13-15/h2-8,13H,9-12,14H2,1H3/p+1. The number of carbonyl (C=O) groups is 1. The number of carbonyl (C=O) groups excluding carboxylic acids is 1. The molecule has 0 aromatic heterocycles. The average Bonchev–Trinajstić information content (AvgIpc) is 2.62. The van der Waals surface area contributed by atoms with Crippen LogP contribution in [0.3, 0.4) is 0 Å². The zero-order valence-electron chi connectivity index (χ0n) is 13.8. The third kappa shape index (κ3) is 3.97. The molecule has 4 nitrogen and oxygen atoms in total. The van der Waals surface area contributed by atoms with E-state index in [-0.39, 0.29) is 5.91 Å². The van der Waals surface area contributed by atoms with Crippen molar-refractivity contribution in [3.8, 4) is 5.75 Å². The maximum absolute atomic E-state index is 12.7. The number of quaternary nitrogens is 1. The van der Waals surface area contributed by atoms with Crippen LogP contribution in [0, 0.1) is 0 Å². The van der Waals surface area contributed by atoms with Crippen LogP contribution >= 0.6 is 15.9 Å². The lowest BCUT2D eigenvalue weighted by molar-refractivity contribution is -0.917.